The number of rotatable bonds is 5. The van der Waals surface area contributed by atoms with Crippen molar-refractivity contribution in [2.45, 2.75) is 6.18 Å². The highest BCUT2D eigenvalue weighted by Gasteiger charge is 2.34. The minimum Gasteiger partial charge on any atom is -0.483 e. The maximum atomic E-state index is 13.7. The van der Waals surface area contributed by atoms with E-state index in [0.717, 1.165) is 12.1 Å². The average Bonchev–Trinajstić information content (AvgIpc) is 2.89. The fraction of sp³-hybridized carbons (Fsp3) is 0.292. The van der Waals surface area contributed by atoms with Gasteiger partial charge >= 0.3 is 6.18 Å². The second-order valence-corrected chi connectivity index (χ2v) is 11.9. The van der Waals surface area contributed by atoms with Crippen LogP contribution in [0.2, 0.25) is 5.02 Å². The number of benzene rings is 2. The molecule has 0 radical (unpaired) electrons. The van der Waals surface area contributed by atoms with Crippen LogP contribution in [0.25, 0.3) is 0 Å². The first-order valence-electron chi connectivity index (χ1n) is 11.7. The molecule has 0 spiro atoms. The Kier molecular flexibility index (Phi) is 7.37. The molecule has 6 N–H and O–H groups in total. The van der Waals surface area contributed by atoms with Crippen LogP contribution in [0.15, 0.2) is 42.7 Å². The van der Waals surface area contributed by atoms with Crippen molar-refractivity contribution >= 4 is 45.3 Å². The summed E-state index contributed by atoms with van der Waals surface area (Å²) in [6.45, 7) is 1.52. The third kappa shape index (κ3) is 6.24. The molecule has 3 aromatic rings. The van der Waals surface area contributed by atoms with E-state index in [1.165, 1.54) is 30.6 Å². The number of amides is 1. The monoisotopic (exact) mass is 587 g/mol. The molecule has 1 saturated heterocycles. The first-order chi connectivity index (χ1) is 18.5. The Morgan fingerprint density at radius 3 is 2.67 bits per heavy atom. The van der Waals surface area contributed by atoms with Gasteiger partial charge in [-0.15, -0.1) is 0 Å². The molecule has 0 unspecified atom stereocenters. The van der Waals surface area contributed by atoms with E-state index in [1.54, 1.807) is 4.90 Å². The number of carbonyl (C=O) groups excluding carboxylic acids is 1. The molecular weight excluding hydrogens is 563 g/mol. The number of anilines is 3. The zero-order chi connectivity index (χ0) is 27.8. The quantitative estimate of drug-likeness (QED) is 0.432. The van der Waals surface area contributed by atoms with Crippen molar-refractivity contribution in [2.24, 2.45) is 0 Å². The smallest absolute Gasteiger partial charge is 0.416 e. The Morgan fingerprint density at radius 1 is 1.15 bits per heavy atom. The van der Waals surface area contributed by atoms with E-state index in [-0.39, 0.29) is 45.1 Å². The van der Waals surface area contributed by atoms with Gasteiger partial charge in [-0.2, -0.15) is 18.2 Å². The van der Waals surface area contributed by atoms with E-state index < -0.39 is 28.2 Å². The molecule has 1 fully saturated rings. The second-order valence-electron chi connectivity index (χ2n) is 8.88. The summed E-state index contributed by atoms with van der Waals surface area (Å²) in [6.07, 6.45) is -3.36. The van der Waals surface area contributed by atoms with E-state index in [9.17, 15) is 18.0 Å². The second kappa shape index (κ2) is 10.6. The Hall–Kier alpha value is -3.46. The molecule has 5 rings (SSSR count). The predicted octanol–water partition coefficient (Wildman–Crippen LogP) is 3.90. The fourth-order valence-corrected chi connectivity index (χ4v) is 5.50. The minimum atomic E-state index is -4.64. The van der Waals surface area contributed by atoms with Gasteiger partial charge in [-0.3, -0.25) is 13.9 Å². The Labute approximate surface area is 227 Å². The molecule has 2 aliphatic heterocycles. The van der Waals surface area contributed by atoms with Gasteiger partial charge in [0.05, 0.1) is 17.1 Å². The normalized spacial score (nSPS) is 17.3. The largest absolute Gasteiger partial charge is 0.483 e. The molecule has 2 aliphatic rings. The zero-order valence-corrected chi connectivity index (χ0v) is 21.8. The van der Waals surface area contributed by atoms with E-state index in [0.29, 0.717) is 37.8 Å². The lowest BCUT2D eigenvalue weighted by Crippen LogP contribution is -2.38. The van der Waals surface area contributed by atoms with Crippen LogP contribution in [0.4, 0.5) is 30.4 Å². The number of aromatic nitrogens is 2. The van der Waals surface area contributed by atoms with Gasteiger partial charge < -0.3 is 25.0 Å². The first-order valence-corrected chi connectivity index (χ1v) is 14.1. The summed E-state index contributed by atoms with van der Waals surface area (Å²) in [5, 5.41) is 5.76. The summed E-state index contributed by atoms with van der Waals surface area (Å²) in [6, 6.07) is 7.53. The van der Waals surface area contributed by atoms with Crippen molar-refractivity contribution in [3.63, 3.8) is 0 Å². The maximum Gasteiger partial charge on any atom is 0.416 e. The molecule has 3 heterocycles. The molecule has 39 heavy (non-hydrogen) atoms. The molecule has 1 amide bonds. The van der Waals surface area contributed by atoms with Crippen LogP contribution in [0.5, 0.6) is 17.4 Å². The highest BCUT2D eigenvalue weighted by Crippen LogP contribution is 2.43. The van der Waals surface area contributed by atoms with Crippen LogP contribution < -0.4 is 25.0 Å². The van der Waals surface area contributed by atoms with Crippen molar-refractivity contribution in [2.75, 3.05) is 53.3 Å². The summed E-state index contributed by atoms with van der Waals surface area (Å²) in [5.74, 6) is 0.783. The minimum absolute atomic E-state index is 0.0486. The molecule has 15 heteroatoms. The molecule has 10 nitrogen and oxygen atoms in total. The van der Waals surface area contributed by atoms with Gasteiger partial charge in [-0.1, -0.05) is 11.6 Å². The highest BCUT2D eigenvalue weighted by molar-refractivity contribution is 8.24. The molecule has 2 aromatic carbocycles. The topological polar surface area (TPSA) is 134 Å². The molecule has 0 atom stereocenters. The Balaban J connectivity index is 1.39. The lowest BCUT2D eigenvalue weighted by atomic mass is 10.1. The number of halogens is 4. The van der Waals surface area contributed by atoms with Crippen LogP contribution in [0.3, 0.4) is 0 Å². The number of nitrogens with one attached hydrogen (secondary N) is 2. The summed E-state index contributed by atoms with van der Waals surface area (Å²) in [7, 11) is -2.24. The van der Waals surface area contributed by atoms with Crippen LogP contribution in [-0.4, -0.2) is 62.7 Å². The number of hydrogen-bond donors (Lipinski definition) is 2. The Bertz CT molecular complexity index is 1400. The summed E-state index contributed by atoms with van der Waals surface area (Å²) in [5.41, 5.74) is -0.617. The third-order valence-corrected chi connectivity index (χ3v) is 8.17. The van der Waals surface area contributed by atoms with Crippen molar-refractivity contribution in [1.29, 1.82) is 0 Å². The predicted molar refractivity (Wildman–Crippen MR) is 144 cm³/mol. The first kappa shape index (κ1) is 27.1. The van der Waals surface area contributed by atoms with Crippen LogP contribution in [0, 0.1) is 0 Å². The molecule has 0 bridgehead atoms. The van der Waals surface area contributed by atoms with E-state index in [1.807, 2.05) is 0 Å². The van der Waals surface area contributed by atoms with Gasteiger partial charge in [0.1, 0.15) is 30.2 Å². The van der Waals surface area contributed by atoms with Gasteiger partial charge in [0.15, 0.2) is 5.82 Å². The molecule has 1 aromatic heterocycles. The number of hydrogen-bond acceptors (Lipinski definition) is 7. The summed E-state index contributed by atoms with van der Waals surface area (Å²) in [4.78, 5) is 22.9. The van der Waals surface area contributed by atoms with Gasteiger partial charge in [0.25, 0.3) is 11.8 Å². The van der Waals surface area contributed by atoms with E-state index in [2.05, 4.69) is 20.6 Å². The van der Waals surface area contributed by atoms with Gasteiger partial charge in [0.2, 0.25) is 5.75 Å². The van der Waals surface area contributed by atoms with Gasteiger partial charge in [0, 0.05) is 30.0 Å². The van der Waals surface area contributed by atoms with Crippen LogP contribution in [-0.2, 0) is 6.18 Å². The summed E-state index contributed by atoms with van der Waals surface area (Å²) >= 11 is 6.28. The van der Waals surface area contributed by atoms with Gasteiger partial charge in [-0.05, 0) is 47.0 Å². The number of fused-ring (bicyclic) bond motifs is 1. The zero-order valence-electron chi connectivity index (χ0n) is 20.3. The van der Waals surface area contributed by atoms with Crippen molar-refractivity contribution in [3.05, 3.63) is 58.9 Å². The third-order valence-electron chi connectivity index (χ3n) is 6.10. The van der Waals surface area contributed by atoms with Crippen molar-refractivity contribution in [1.82, 2.24) is 9.97 Å². The SMILES string of the molecule is O=C(Nc1cc(N2CCS([OH2+])([OH2+])CC2)cc(C(F)(F)F)c1)c1ccc(Cl)c(Oc2ncnc3c2OCCN3)c1. The Morgan fingerprint density at radius 2 is 1.92 bits per heavy atom. The van der Waals surface area contributed by atoms with Crippen molar-refractivity contribution in [3.8, 4) is 17.4 Å². The van der Waals surface area contributed by atoms with Crippen LogP contribution in [0.1, 0.15) is 15.9 Å². The number of alkyl halides is 3. The lowest BCUT2D eigenvalue weighted by molar-refractivity contribution is -0.137. The number of nitrogens with zero attached hydrogens (tertiary/aromatic N) is 3. The van der Waals surface area contributed by atoms with Crippen molar-refractivity contribution < 1.29 is 36.5 Å². The molecule has 0 aliphatic carbocycles. The standard InChI is InChI=1S/C24H23ClF3N5O5S/c25-18-2-1-14(9-19(18)38-23-20-21(30-13-31-23)29-3-6-37-20)22(34)32-16-10-15(24(26,27)28)11-17(12-16)33-4-7-39(35,36)8-5-33/h1-2,9-13,35-36H,3-8H2,(H,32,34)(H,29,30,31)/p+2. The highest BCUT2D eigenvalue weighted by atomic mass is 35.5. The molecule has 0 saturated carbocycles. The number of ether oxygens (including phenoxy) is 2. The molecule has 208 valence electrons. The van der Waals surface area contributed by atoms with E-state index >= 15 is 0 Å². The van der Waals surface area contributed by atoms with Crippen LogP contribution >= 0.6 is 22.2 Å². The fourth-order valence-electron chi connectivity index (χ4n) is 4.07. The summed E-state index contributed by atoms with van der Waals surface area (Å²) < 4.78 is 68.3. The van der Waals surface area contributed by atoms with E-state index in [4.69, 9.17) is 30.2 Å². The molecular formula is C24H25ClF3N5O5S+2. The average molecular weight is 588 g/mol. The van der Waals surface area contributed by atoms with Gasteiger partial charge in [-0.25, -0.2) is 4.98 Å². The lowest BCUT2D eigenvalue weighted by Gasteiger charge is -2.36. The number of carbonyl (C=O) groups is 1. The maximum absolute atomic E-state index is 13.7.